The second-order valence-corrected chi connectivity index (χ2v) is 3.61. The van der Waals surface area contributed by atoms with Crippen LogP contribution in [0.1, 0.15) is 21.5 Å². The first kappa shape index (κ1) is 8.53. The van der Waals surface area contributed by atoms with Crippen LogP contribution >= 0.6 is 0 Å². The van der Waals surface area contributed by atoms with Crippen molar-refractivity contribution < 1.29 is 14.3 Å². The largest absolute Gasteiger partial charge is 0.493 e. The van der Waals surface area contributed by atoms with Gasteiger partial charge in [-0.15, -0.1) is 0 Å². The first-order chi connectivity index (χ1) is 7.40. The fraction of sp³-hybridized carbons (Fsp3) is 0.250. The van der Waals surface area contributed by atoms with Gasteiger partial charge in [-0.05, 0) is 12.1 Å². The third kappa shape index (κ3) is 1.16. The van der Waals surface area contributed by atoms with Crippen molar-refractivity contribution in [3.05, 3.63) is 28.8 Å². The highest BCUT2D eigenvalue weighted by Gasteiger charge is 2.23. The number of carbonyl (C=O) groups excluding carboxylic acids is 1. The van der Waals surface area contributed by atoms with Crippen molar-refractivity contribution in [2.75, 3.05) is 13.2 Å². The highest BCUT2D eigenvalue weighted by molar-refractivity contribution is 5.85. The molecule has 0 aliphatic carbocycles. The molecular weight excluding hydrogens is 192 g/mol. The van der Waals surface area contributed by atoms with Crippen LogP contribution in [0.3, 0.4) is 0 Å². The number of aldehydes is 1. The van der Waals surface area contributed by atoms with Crippen molar-refractivity contribution in [3.8, 4) is 11.5 Å². The lowest BCUT2D eigenvalue weighted by Gasteiger charge is -2.16. The molecule has 0 N–H and O–H groups in total. The molecule has 76 valence electrons. The number of hydrogen-bond donors (Lipinski definition) is 0. The maximum Gasteiger partial charge on any atom is 0.153 e. The number of carbonyl (C=O) groups is 1. The third-order valence-corrected chi connectivity index (χ3v) is 2.76. The molecule has 3 rings (SSSR count). The van der Waals surface area contributed by atoms with Gasteiger partial charge in [0.1, 0.15) is 18.1 Å². The number of benzene rings is 1. The van der Waals surface area contributed by atoms with Gasteiger partial charge >= 0.3 is 0 Å². The van der Waals surface area contributed by atoms with Crippen molar-refractivity contribution in [2.24, 2.45) is 0 Å². The van der Waals surface area contributed by atoms with E-state index < -0.39 is 0 Å². The third-order valence-electron chi connectivity index (χ3n) is 2.76. The van der Waals surface area contributed by atoms with Crippen LogP contribution in [-0.4, -0.2) is 19.5 Å². The quantitative estimate of drug-likeness (QED) is 0.652. The predicted molar refractivity (Wildman–Crippen MR) is 55.6 cm³/mol. The molecule has 2 heterocycles. The minimum Gasteiger partial charge on any atom is -0.493 e. The van der Waals surface area contributed by atoms with Gasteiger partial charge in [-0.25, -0.2) is 0 Å². The molecule has 0 atom stereocenters. The number of fused-ring (bicyclic) bond motifs is 3. The summed E-state index contributed by atoms with van der Waals surface area (Å²) in [6.07, 6.45) is 5.68. The number of rotatable bonds is 1. The molecule has 0 aromatic heterocycles. The molecular formula is C12H10O3. The van der Waals surface area contributed by atoms with Crippen LogP contribution in [0.2, 0.25) is 0 Å². The molecule has 0 spiro atoms. The minimum atomic E-state index is 0.535. The Morgan fingerprint density at radius 2 is 2.27 bits per heavy atom. The van der Waals surface area contributed by atoms with E-state index in [-0.39, 0.29) is 0 Å². The van der Waals surface area contributed by atoms with Crippen LogP contribution in [0.5, 0.6) is 11.5 Å². The zero-order valence-corrected chi connectivity index (χ0v) is 8.16. The Labute approximate surface area is 87.3 Å². The van der Waals surface area contributed by atoms with Crippen LogP contribution in [0.15, 0.2) is 12.1 Å². The van der Waals surface area contributed by atoms with Crippen molar-refractivity contribution >= 4 is 12.4 Å². The van der Waals surface area contributed by atoms with E-state index in [0.717, 1.165) is 29.6 Å². The maximum atomic E-state index is 10.9. The molecule has 2 aliphatic rings. The van der Waals surface area contributed by atoms with Crippen molar-refractivity contribution in [1.82, 2.24) is 0 Å². The topological polar surface area (TPSA) is 35.5 Å². The fourth-order valence-corrected chi connectivity index (χ4v) is 2.09. The zero-order chi connectivity index (χ0) is 10.3. The average Bonchev–Trinajstić information content (AvgIpc) is 2.76. The summed E-state index contributed by atoms with van der Waals surface area (Å²) in [4.78, 5) is 10.9. The van der Waals surface area contributed by atoms with E-state index >= 15 is 0 Å². The van der Waals surface area contributed by atoms with Crippen LogP contribution < -0.4 is 9.47 Å². The average molecular weight is 202 g/mol. The fourth-order valence-electron chi connectivity index (χ4n) is 2.09. The molecule has 1 aromatic carbocycles. The molecule has 0 unspecified atom stereocenters. The lowest BCUT2D eigenvalue weighted by molar-refractivity contribution is 0.111. The Morgan fingerprint density at radius 3 is 3.13 bits per heavy atom. The lowest BCUT2D eigenvalue weighted by Crippen LogP contribution is -2.05. The van der Waals surface area contributed by atoms with Crippen molar-refractivity contribution in [3.63, 3.8) is 0 Å². The van der Waals surface area contributed by atoms with Crippen LogP contribution in [0.25, 0.3) is 6.08 Å². The predicted octanol–water partition coefficient (Wildman–Crippen LogP) is 1.84. The summed E-state index contributed by atoms with van der Waals surface area (Å²) in [6.45, 7) is 1.23. The summed E-state index contributed by atoms with van der Waals surface area (Å²) < 4.78 is 11.0. The van der Waals surface area contributed by atoms with E-state index in [0.29, 0.717) is 24.5 Å². The van der Waals surface area contributed by atoms with Gasteiger partial charge in [0.25, 0.3) is 0 Å². The molecule has 0 saturated heterocycles. The summed E-state index contributed by atoms with van der Waals surface area (Å²) in [5.41, 5.74) is 2.75. The van der Waals surface area contributed by atoms with Gasteiger partial charge in [-0.2, -0.15) is 0 Å². The summed E-state index contributed by atoms with van der Waals surface area (Å²) >= 11 is 0. The van der Waals surface area contributed by atoms with Crippen LogP contribution in [0.4, 0.5) is 0 Å². The molecule has 1 aromatic rings. The number of ether oxygens (including phenoxy) is 2. The van der Waals surface area contributed by atoms with Gasteiger partial charge in [0, 0.05) is 17.5 Å². The Bertz CT molecular complexity index is 460. The number of hydrogen-bond acceptors (Lipinski definition) is 3. The second kappa shape index (κ2) is 3.12. The Hall–Kier alpha value is -1.77. The first-order valence-electron chi connectivity index (χ1n) is 4.97. The van der Waals surface area contributed by atoms with E-state index in [2.05, 4.69) is 0 Å². The SMILES string of the molecule is O=Cc1cc2c(c3c1OCC=C3)CCO2. The van der Waals surface area contributed by atoms with Gasteiger partial charge < -0.3 is 9.47 Å². The molecule has 0 saturated carbocycles. The van der Waals surface area contributed by atoms with E-state index in [9.17, 15) is 4.79 Å². The standard InChI is InChI=1S/C12H10O3/c13-7-8-6-11-9(3-5-14-11)10-2-1-4-15-12(8)10/h1-2,6-7H,3-5H2. The molecule has 2 aliphatic heterocycles. The summed E-state index contributed by atoms with van der Waals surface area (Å²) in [7, 11) is 0. The molecule has 0 amide bonds. The van der Waals surface area contributed by atoms with Crippen molar-refractivity contribution in [1.29, 1.82) is 0 Å². The monoisotopic (exact) mass is 202 g/mol. The summed E-state index contributed by atoms with van der Waals surface area (Å²) in [5.74, 6) is 1.53. The Morgan fingerprint density at radius 1 is 1.33 bits per heavy atom. The van der Waals surface area contributed by atoms with Gasteiger partial charge in [0.2, 0.25) is 0 Å². The summed E-state index contributed by atoms with van der Waals surface area (Å²) in [5, 5.41) is 0. The minimum absolute atomic E-state index is 0.535. The zero-order valence-electron chi connectivity index (χ0n) is 8.16. The van der Waals surface area contributed by atoms with Gasteiger partial charge in [0.05, 0.1) is 12.2 Å². The summed E-state index contributed by atoms with van der Waals surface area (Å²) in [6, 6.07) is 1.77. The van der Waals surface area contributed by atoms with Crippen molar-refractivity contribution in [2.45, 2.75) is 6.42 Å². The van der Waals surface area contributed by atoms with E-state index in [4.69, 9.17) is 9.47 Å². The molecule has 3 heteroatoms. The van der Waals surface area contributed by atoms with Crippen LogP contribution in [-0.2, 0) is 6.42 Å². The van der Waals surface area contributed by atoms with E-state index in [1.165, 1.54) is 0 Å². The molecule has 15 heavy (non-hydrogen) atoms. The smallest absolute Gasteiger partial charge is 0.153 e. The first-order valence-corrected chi connectivity index (χ1v) is 4.97. The normalized spacial score (nSPS) is 16.3. The van der Waals surface area contributed by atoms with E-state index in [1.807, 2.05) is 12.2 Å². The van der Waals surface area contributed by atoms with Crippen LogP contribution in [0, 0.1) is 0 Å². The van der Waals surface area contributed by atoms with Gasteiger partial charge in [-0.3, -0.25) is 4.79 Å². The maximum absolute atomic E-state index is 10.9. The molecule has 0 bridgehead atoms. The Kier molecular flexibility index (Phi) is 1.78. The molecule has 0 radical (unpaired) electrons. The lowest BCUT2D eigenvalue weighted by atomic mass is 9.99. The highest BCUT2D eigenvalue weighted by atomic mass is 16.5. The highest BCUT2D eigenvalue weighted by Crippen LogP contribution is 2.39. The Balaban J connectivity index is 2.30. The van der Waals surface area contributed by atoms with Gasteiger partial charge in [0.15, 0.2) is 6.29 Å². The molecule has 0 fully saturated rings. The second-order valence-electron chi connectivity index (χ2n) is 3.61. The molecule has 3 nitrogen and oxygen atoms in total. The van der Waals surface area contributed by atoms with E-state index in [1.54, 1.807) is 6.07 Å². The van der Waals surface area contributed by atoms with Gasteiger partial charge in [-0.1, -0.05) is 6.08 Å².